The van der Waals surface area contributed by atoms with Crippen LogP contribution in [0.2, 0.25) is 10.0 Å². The summed E-state index contributed by atoms with van der Waals surface area (Å²) < 4.78 is 26.5. The number of halogens is 4. The second-order valence-corrected chi connectivity index (χ2v) is 5.11. The van der Waals surface area contributed by atoms with E-state index in [1.165, 1.54) is 6.07 Å². The molecule has 0 aliphatic heterocycles. The lowest BCUT2D eigenvalue weighted by molar-refractivity contribution is 0.504. The van der Waals surface area contributed by atoms with Gasteiger partial charge in [-0.1, -0.05) is 42.3 Å². The van der Waals surface area contributed by atoms with Crippen LogP contribution < -0.4 is 5.32 Å². The zero-order valence-electron chi connectivity index (χ0n) is 10.8. The van der Waals surface area contributed by atoms with Crippen LogP contribution in [0.15, 0.2) is 36.4 Å². The van der Waals surface area contributed by atoms with Gasteiger partial charge in [-0.05, 0) is 36.4 Å². The molecule has 0 aliphatic rings. The molecule has 2 rings (SSSR count). The van der Waals surface area contributed by atoms with Gasteiger partial charge in [0, 0.05) is 15.6 Å². The van der Waals surface area contributed by atoms with E-state index in [1.807, 2.05) is 6.92 Å². The molecule has 0 amide bonds. The number of benzene rings is 2. The maximum atomic E-state index is 13.4. The summed E-state index contributed by atoms with van der Waals surface area (Å²) in [4.78, 5) is 0. The first-order valence-corrected chi connectivity index (χ1v) is 6.92. The molecule has 0 spiro atoms. The first kappa shape index (κ1) is 15.2. The van der Waals surface area contributed by atoms with Gasteiger partial charge in [-0.3, -0.25) is 0 Å². The van der Waals surface area contributed by atoms with Crippen LogP contribution in [0.3, 0.4) is 0 Å². The fourth-order valence-electron chi connectivity index (χ4n) is 2.07. The Bertz CT molecular complexity index is 597. The maximum Gasteiger partial charge on any atom is 0.159 e. The average Bonchev–Trinajstić information content (AvgIpc) is 2.41. The molecule has 2 aromatic carbocycles. The van der Waals surface area contributed by atoms with Crippen LogP contribution in [0.25, 0.3) is 0 Å². The van der Waals surface area contributed by atoms with Gasteiger partial charge in [0.15, 0.2) is 11.6 Å². The molecule has 0 aromatic heterocycles. The highest BCUT2D eigenvalue weighted by Gasteiger charge is 2.20. The van der Waals surface area contributed by atoms with Crippen LogP contribution in [0.1, 0.15) is 24.1 Å². The zero-order valence-corrected chi connectivity index (χ0v) is 12.3. The third-order valence-electron chi connectivity index (χ3n) is 2.97. The SMILES string of the molecule is CCNC(c1ccc(F)c(F)c1)c1c(Cl)cccc1Cl. The van der Waals surface area contributed by atoms with Crippen molar-refractivity contribution >= 4 is 23.2 Å². The number of rotatable bonds is 4. The molecule has 0 saturated heterocycles. The van der Waals surface area contributed by atoms with Crippen LogP contribution in [0.4, 0.5) is 8.78 Å². The Labute approximate surface area is 126 Å². The van der Waals surface area contributed by atoms with E-state index >= 15 is 0 Å². The molecule has 1 atom stereocenters. The molecule has 5 heteroatoms. The predicted octanol–water partition coefficient (Wildman–Crippen LogP) is 4.97. The molecular formula is C15H13Cl2F2N. The lowest BCUT2D eigenvalue weighted by Crippen LogP contribution is -2.23. The number of hydrogen-bond donors (Lipinski definition) is 1. The topological polar surface area (TPSA) is 12.0 Å². The summed E-state index contributed by atoms with van der Waals surface area (Å²) in [5, 5.41) is 4.15. The van der Waals surface area contributed by atoms with Gasteiger partial charge in [0.05, 0.1) is 6.04 Å². The monoisotopic (exact) mass is 315 g/mol. The summed E-state index contributed by atoms with van der Waals surface area (Å²) in [5.41, 5.74) is 1.23. The van der Waals surface area contributed by atoms with Gasteiger partial charge < -0.3 is 5.32 Å². The smallest absolute Gasteiger partial charge is 0.159 e. The highest BCUT2D eigenvalue weighted by atomic mass is 35.5. The van der Waals surface area contributed by atoms with Crippen molar-refractivity contribution in [2.75, 3.05) is 6.54 Å². The Morgan fingerprint density at radius 2 is 1.70 bits per heavy atom. The van der Waals surface area contributed by atoms with Crippen LogP contribution in [-0.4, -0.2) is 6.54 Å². The highest BCUT2D eigenvalue weighted by Crippen LogP contribution is 2.34. The quantitative estimate of drug-likeness (QED) is 0.840. The molecule has 0 bridgehead atoms. The predicted molar refractivity (Wildman–Crippen MR) is 78.3 cm³/mol. The van der Waals surface area contributed by atoms with Crippen molar-refractivity contribution in [2.24, 2.45) is 0 Å². The van der Waals surface area contributed by atoms with Gasteiger partial charge in [0.2, 0.25) is 0 Å². The molecule has 20 heavy (non-hydrogen) atoms. The highest BCUT2D eigenvalue weighted by molar-refractivity contribution is 6.36. The molecule has 106 valence electrons. The fourth-order valence-corrected chi connectivity index (χ4v) is 2.68. The molecule has 0 fully saturated rings. The van der Waals surface area contributed by atoms with Crippen LogP contribution in [-0.2, 0) is 0 Å². The van der Waals surface area contributed by atoms with Crippen LogP contribution >= 0.6 is 23.2 Å². The van der Waals surface area contributed by atoms with Crippen LogP contribution in [0, 0.1) is 11.6 Å². The van der Waals surface area contributed by atoms with Crippen LogP contribution in [0.5, 0.6) is 0 Å². The Balaban J connectivity index is 2.53. The van der Waals surface area contributed by atoms with Crippen molar-refractivity contribution in [3.63, 3.8) is 0 Å². The Morgan fingerprint density at radius 3 is 2.25 bits per heavy atom. The van der Waals surface area contributed by atoms with E-state index in [2.05, 4.69) is 5.32 Å². The molecule has 0 heterocycles. The van der Waals surface area contributed by atoms with Gasteiger partial charge in [0.25, 0.3) is 0 Å². The average molecular weight is 316 g/mol. The minimum atomic E-state index is -0.895. The summed E-state index contributed by atoms with van der Waals surface area (Å²) in [6.07, 6.45) is 0. The molecule has 1 unspecified atom stereocenters. The first-order valence-electron chi connectivity index (χ1n) is 6.16. The molecular weight excluding hydrogens is 303 g/mol. The Morgan fingerprint density at radius 1 is 1.05 bits per heavy atom. The van der Waals surface area contributed by atoms with E-state index in [-0.39, 0.29) is 0 Å². The van der Waals surface area contributed by atoms with Crippen molar-refractivity contribution in [1.29, 1.82) is 0 Å². The third kappa shape index (κ3) is 3.11. The van der Waals surface area contributed by atoms with E-state index in [9.17, 15) is 8.78 Å². The molecule has 1 N–H and O–H groups in total. The first-order chi connectivity index (χ1) is 9.54. The molecule has 2 aromatic rings. The van der Waals surface area contributed by atoms with Crippen molar-refractivity contribution in [3.05, 3.63) is 69.2 Å². The van der Waals surface area contributed by atoms with E-state index in [1.54, 1.807) is 18.2 Å². The van der Waals surface area contributed by atoms with Gasteiger partial charge in [-0.2, -0.15) is 0 Å². The molecule has 0 saturated carbocycles. The lowest BCUT2D eigenvalue weighted by Gasteiger charge is -2.21. The number of nitrogens with one attached hydrogen (secondary N) is 1. The van der Waals surface area contributed by atoms with E-state index in [0.717, 1.165) is 12.1 Å². The van der Waals surface area contributed by atoms with Gasteiger partial charge in [-0.15, -0.1) is 0 Å². The molecule has 0 radical (unpaired) electrons. The van der Waals surface area contributed by atoms with E-state index in [0.29, 0.717) is 27.7 Å². The molecule has 1 nitrogen and oxygen atoms in total. The summed E-state index contributed by atoms with van der Waals surface area (Å²) in [6.45, 7) is 2.54. The van der Waals surface area contributed by atoms with Gasteiger partial charge in [0.1, 0.15) is 0 Å². The van der Waals surface area contributed by atoms with Gasteiger partial charge in [-0.25, -0.2) is 8.78 Å². The van der Waals surface area contributed by atoms with Crippen molar-refractivity contribution in [1.82, 2.24) is 5.32 Å². The standard InChI is InChI=1S/C15H13Cl2F2N/c1-2-20-15(9-6-7-12(18)13(19)8-9)14-10(16)4-3-5-11(14)17/h3-8,15,20H,2H2,1H3. The normalized spacial score (nSPS) is 12.4. The summed E-state index contributed by atoms with van der Waals surface area (Å²) in [7, 11) is 0. The minimum Gasteiger partial charge on any atom is -0.306 e. The summed E-state index contributed by atoms with van der Waals surface area (Å²) in [5.74, 6) is -1.78. The Kier molecular flexibility index (Phi) is 4.97. The zero-order chi connectivity index (χ0) is 14.7. The van der Waals surface area contributed by atoms with Crippen molar-refractivity contribution in [2.45, 2.75) is 13.0 Å². The van der Waals surface area contributed by atoms with E-state index < -0.39 is 17.7 Å². The largest absolute Gasteiger partial charge is 0.306 e. The summed E-state index contributed by atoms with van der Waals surface area (Å²) in [6, 6.07) is 8.55. The molecule has 0 aliphatic carbocycles. The second kappa shape index (κ2) is 6.53. The summed E-state index contributed by atoms with van der Waals surface area (Å²) >= 11 is 12.4. The Hall–Kier alpha value is -1.16. The third-order valence-corrected chi connectivity index (χ3v) is 3.63. The van der Waals surface area contributed by atoms with Crippen molar-refractivity contribution in [3.8, 4) is 0 Å². The lowest BCUT2D eigenvalue weighted by atomic mass is 9.98. The fraction of sp³-hybridized carbons (Fsp3) is 0.200. The number of hydrogen-bond acceptors (Lipinski definition) is 1. The minimum absolute atomic E-state index is 0.392. The van der Waals surface area contributed by atoms with Gasteiger partial charge >= 0.3 is 0 Å². The van der Waals surface area contributed by atoms with E-state index in [4.69, 9.17) is 23.2 Å². The van der Waals surface area contributed by atoms with Crippen molar-refractivity contribution < 1.29 is 8.78 Å². The second-order valence-electron chi connectivity index (χ2n) is 4.30. The maximum absolute atomic E-state index is 13.4.